The Morgan fingerprint density at radius 2 is 1.48 bits per heavy atom. The molecule has 2 fully saturated rings. The Kier molecular flexibility index (Phi) is 12.8. The van der Waals surface area contributed by atoms with Gasteiger partial charge in [0.05, 0.1) is 26.2 Å². The zero-order valence-electron chi connectivity index (χ0n) is 38.2. The molecule has 0 aliphatic heterocycles. The zero-order chi connectivity index (χ0) is 46.9. The summed E-state index contributed by atoms with van der Waals surface area (Å²) in [6, 6.07) is 38.1. The quantitative estimate of drug-likeness (QED) is 0.0925. The molecule has 67 heavy (non-hydrogen) atoms. The van der Waals surface area contributed by atoms with Gasteiger partial charge in [0, 0.05) is 30.6 Å². The highest BCUT2D eigenvalue weighted by atomic mass is 16.6. The van der Waals surface area contributed by atoms with Crippen LogP contribution >= 0.6 is 0 Å². The van der Waals surface area contributed by atoms with Crippen molar-refractivity contribution in [2.75, 3.05) is 20.8 Å². The lowest BCUT2D eigenvalue weighted by atomic mass is 9.52. The molecule has 6 unspecified atom stereocenters. The number of hydrogen-bond acceptors (Lipinski definition) is 10. The van der Waals surface area contributed by atoms with Crippen molar-refractivity contribution in [3.05, 3.63) is 155 Å². The van der Waals surface area contributed by atoms with Gasteiger partial charge in [0.25, 0.3) is 0 Å². The number of hydrogen-bond donors (Lipinski definition) is 4. The number of methoxy groups -OCH3 is 2. The van der Waals surface area contributed by atoms with Gasteiger partial charge in [-0.05, 0) is 130 Å². The van der Waals surface area contributed by atoms with Crippen LogP contribution in [0.4, 0.5) is 0 Å². The lowest BCUT2D eigenvalue weighted by Crippen LogP contribution is -2.52. The summed E-state index contributed by atoms with van der Waals surface area (Å²) >= 11 is 0. The number of ether oxygens (including phenoxy) is 4. The highest BCUT2D eigenvalue weighted by molar-refractivity contribution is 5.99. The van der Waals surface area contributed by atoms with E-state index in [-0.39, 0.29) is 42.2 Å². The lowest BCUT2D eigenvalue weighted by molar-refractivity contribution is -0.166. The van der Waals surface area contributed by atoms with Crippen molar-refractivity contribution in [3.8, 4) is 39.9 Å². The minimum absolute atomic E-state index is 0.0139. The van der Waals surface area contributed by atoms with Gasteiger partial charge in [0.2, 0.25) is 0 Å². The third-order valence-electron chi connectivity index (χ3n) is 14.9. The third kappa shape index (κ3) is 8.71. The summed E-state index contributed by atoms with van der Waals surface area (Å²) in [5, 5.41) is 46.2. The van der Waals surface area contributed by atoms with Gasteiger partial charge in [0.15, 0.2) is 23.0 Å². The summed E-state index contributed by atoms with van der Waals surface area (Å²) in [6.07, 6.45) is 6.88. The lowest BCUT2D eigenvalue weighted by Gasteiger charge is -2.54. The standard InChI is InChI=1S/C57H58O10/c1-35(59)66-52-31-44(67-55(63)56(21-10-11-22-56)42-18-16-39-24-43(60)30-46(45(39)29-42)37-14-8-5-9-15-37)25-41(38-17-19-50(61)53(27-38)64-2)33-57(23-20-36-12-6-4-7-13-36)48(52)26-40-28-54(65-3)51(62)32-47(40)49(57)34-58/h4-9,12-20,23-24,27-30,32,41,44,48-49,52,58,60-62H,10-11,21-22,25-26,31,33-34H2,1-3H3. The number of aliphatic hydroxyl groups excluding tert-OH is 1. The molecule has 0 radical (unpaired) electrons. The van der Waals surface area contributed by atoms with E-state index in [1.54, 1.807) is 30.3 Å². The molecule has 6 aromatic carbocycles. The van der Waals surface area contributed by atoms with E-state index >= 15 is 4.79 Å². The van der Waals surface area contributed by atoms with Crippen LogP contribution < -0.4 is 9.47 Å². The number of phenolic OH excluding ortho intramolecular Hbond substituents is 3. The predicted octanol–water partition coefficient (Wildman–Crippen LogP) is 10.9. The van der Waals surface area contributed by atoms with E-state index in [2.05, 4.69) is 18.2 Å². The van der Waals surface area contributed by atoms with Crippen molar-refractivity contribution in [3.63, 3.8) is 0 Å². The van der Waals surface area contributed by atoms with Gasteiger partial charge in [-0.15, -0.1) is 0 Å². The van der Waals surface area contributed by atoms with Gasteiger partial charge in [0.1, 0.15) is 18.0 Å². The molecule has 2 saturated carbocycles. The average molecular weight is 903 g/mol. The molecule has 6 aromatic rings. The van der Waals surface area contributed by atoms with E-state index in [1.807, 2.05) is 84.9 Å². The second kappa shape index (κ2) is 18.8. The molecule has 0 heterocycles. The average Bonchev–Trinajstić information content (AvgIpc) is 3.84. The van der Waals surface area contributed by atoms with Crippen molar-refractivity contribution >= 4 is 28.8 Å². The molecule has 0 bridgehead atoms. The number of esters is 2. The van der Waals surface area contributed by atoms with Crippen LogP contribution in [0.25, 0.3) is 28.0 Å². The molecule has 0 aromatic heterocycles. The fourth-order valence-corrected chi connectivity index (χ4v) is 11.8. The maximum absolute atomic E-state index is 15.4. The van der Waals surface area contributed by atoms with E-state index in [0.29, 0.717) is 43.6 Å². The molecule has 10 nitrogen and oxygen atoms in total. The fourth-order valence-electron chi connectivity index (χ4n) is 11.8. The van der Waals surface area contributed by atoms with Crippen molar-refractivity contribution in [1.29, 1.82) is 0 Å². The second-order valence-electron chi connectivity index (χ2n) is 18.7. The minimum Gasteiger partial charge on any atom is -0.508 e. The molecule has 9 rings (SSSR count). The number of allylic oxidation sites excluding steroid dienone is 1. The Hall–Kier alpha value is -6.78. The molecule has 0 amide bonds. The zero-order valence-corrected chi connectivity index (χ0v) is 38.2. The van der Waals surface area contributed by atoms with Gasteiger partial charge in [-0.2, -0.15) is 0 Å². The number of rotatable bonds is 11. The summed E-state index contributed by atoms with van der Waals surface area (Å²) in [4.78, 5) is 28.7. The van der Waals surface area contributed by atoms with Crippen molar-refractivity contribution in [2.45, 2.75) is 87.7 Å². The number of fused-ring (bicyclic) bond motifs is 3. The first-order valence-corrected chi connectivity index (χ1v) is 23.3. The minimum atomic E-state index is -0.955. The molecule has 0 saturated heterocycles. The molecule has 346 valence electrons. The van der Waals surface area contributed by atoms with Crippen LogP contribution in [0, 0.1) is 11.3 Å². The Labute approximate surface area is 391 Å². The molecule has 3 aliphatic carbocycles. The number of carbonyl (C=O) groups is 2. The largest absolute Gasteiger partial charge is 0.508 e. The Balaban J connectivity index is 1.18. The second-order valence-corrected chi connectivity index (χ2v) is 18.7. The first-order valence-electron chi connectivity index (χ1n) is 23.3. The highest BCUT2D eigenvalue weighted by Gasteiger charge is 2.55. The molecule has 0 spiro atoms. The van der Waals surface area contributed by atoms with Crippen molar-refractivity contribution in [2.24, 2.45) is 11.3 Å². The maximum atomic E-state index is 15.4. The van der Waals surface area contributed by atoms with E-state index < -0.39 is 40.8 Å². The third-order valence-corrected chi connectivity index (χ3v) is 14.9. The van der Waals surface area contributed by atoms with Crippen LogP contribution in [-0.2, 0) is 30.9 Å². The van der Waals surface area contributed by atoms with Gasteiger partial charge in [-0.25, -0.2) is 0 Å². The molecular weight excluding hydrogens is 845 g/mol. The first kappa shape index (κ1) is 45.4. The molecule has 6 atom stereocenters. The monoisotopic (exact) mass is 902 g/mol. The van der Waals surface area contributed by atoms with Crippen LogP contribution in [-0.4, -0.2) is 65.4 Å². The number of phenols is 3. The summed E-state index contributed by atoms with van der Waals surface area (Å²) in [6.45, 7) is 1.11. The molecule has 10 heteroatoms. The SMILES string of the molecule is COc1cc(C2CC(OC(=O)C3(c4ccc5cc(O)cc(-c6ccccc6)c5c4)CCCC3)CC(OC(C)=O)C3Cc4cc(OC)c(O)cc4C(CO)C3(C=Cc3ccccc3)C2)ccc1O. The number of aromatic hydroxyl groups is 3. The number of carbonyl (C=O) groups excluding carboxylic acids is 2. The highest BCUT2D eigenvalue weighted by Crippen LogP contribution is 2.60. The van der Waals surface area contributed by atoms with E-state index in [1.165, 1.54) is 21.1 Å². The van der Waals surface area contributed by atoms with Crippen LogP contribution in [0.5, 0.6) is 28.7 Å². The smallest absolute Gasteiger partial charge is 0.316 e. The van der Waals surface area contributed by atoms with E-state index in [9.17, 15) is 25.2 Å². The van der Waals surface area contributed by atoms with E-state index in [0.717, 1.165) is 62.6 Å². The van der Waals surface area contributed by atoms with Crippen LogP contribution in [0.2, 0.25) is 0 Å². The normalized spacial score (nSPS) is 23.4. The van der Waals surface area contributed by atoms with Crippen LogP contribution in [0.15, 0.2) is 127 Å². The van der Waals surface area contributed by atoms with Gasteiger partial charge in [-0.1, -0.05) is 104 Å². The summed E-state index contributed by atoms with van der Waals surface area (Å²) in [5.74, 6) is -1.49. The van der Waals surface area contributed by atoms with Crippen LogP contribution in [0.1, 0.15) is 91.5 Å². The molecular formula is C57H58O10. The van der Waals surface area contributed by atoms with Crippen molar-refractivity contribution in [1.82, 2.24) is 0 Å². The van der Waals surface area contributed by atoms with Gasteiger partial charge < -0.3 is 39.4 Å². The summed E-state index contributed by atoms with van der Waals surface area (Å²) in [5.41, 5.74) is 4.22. The number of benzene rings is 6. The predicted molar refractivity (Wildman–Crippen MR) is 257 cm³/mol. The summed E-state index contributed by atoms with van der Waals surface area (Å²) < 4.78 is 24.6. The number of aliphatic hydroxyl groups is 1. The maximum Gasteiger partial charge on any atom is 0.316 e. The van der Waals surface area contributed by atoms with E-state index in [4.69, 9.17) is 18.9 Å². The molecule has 3 aliphatic rings. The van der Waals surface area contributed by atoms with Crippen molar-refractivity contribution < 1.29 is 49.0 Å². The Morgan fingerprint density at radius 3 is 2.18 bits per heavy atom. The van der Waals surface area contributed by atoms with Gasteiger partial charge in [-0.3, -0.25) is 9.59 Å². The van der Waals surface area contributed by atoms with Crippen LogP contribution in [0.3, 0.4) is 0 Å². The molecule has 4 N–H and O–H groups in total. The Morgan fingerprint density at radius 1 is 0.761 bits per heavy atom. The summed E-state index contributed by atoms with van der Waals surface area (Å²) in [7, 11) is 3.00. The fraction of sp³-hybridized carbons (Fsp3) is 0.333. The van der Waals surface area contributed by atoms with Gasteiger partial charge >= 0.3 is 11.9 Å². The first-order chi connectivity index (χ1) is 32.4. The topological polar surface area (TPSA) is 152 Å². The Bertz CT molecular complexity index is 2800.